The van der Waals surface area contributed by atoms with Crippen LogP contribution in [-0.4, -0.2) is 38.9 Å². The number of ether oxygens (including phenoxy) is 1. The quantitative estimate of drug-likeness (QED) is 0.890. The summed E-state index contributed by atoms with van der Waals surface area (Å²) < 4.78 is 28.3. The highest BCUT2D eigenvalue weighted by Gasteiger charge is 2.26. The molecule has 0 aliphatic heterocycles. The molecule has 0 aromatic heterocycles. The van der Waals surface area contributed by atoms with Gasteiger partial charge in [0.15, 0.2) is 5.75 Å². The number of hydrogen-bond donors (Lipinski definition) is 1. The van der Waals surface area contributed by atoms with E-state index in [4.69, 9.17) is 21.5 Å². The Morgan fingerprint density at radius 3 is 2.38 bits per heavy atom. The van der Waals surface area contributed by atoms with Gasteiger partial charge in [-0.15, -0.1) is 0 Å². The van der Waals surface area contributed by atoms with Crippen LogP contribution < -0.4 is 9.88 Å². The molecule has 21 heavy (non-hydrogen) atoms. The lowest BCUT2D eigenvalue weighted by atomic mass is 10.1. The third-order valence-electron chi connectivity index (χ3n) is 2.99. The topological polar surface area (TPSA) is 89.7 Å². The van der Waals surface area contributed by atoms with Crippen molar-refractivity contribution in [3.05, 3.63) is 22.7 Å². The fourth-order valence-corrected chi connectivity index (χ4v) is 3.07. The molecule has 1 aromatic carbocycles. The second kappa shape index (κ2) is 6.64. The summed E-state index contributed by atoms with van der Waals surface area (Å²) >= 11 is 5.91. The molecule has 0 heterocycles. The van der Waals surface area contributed by atoms with E-state index in [1.54, 1.807) is 4.90 Å². The van der Waals surface area contributed by atoms with E-state index in [1.165, 1.54) is 13.2 Å². The molecule has 0 bridgehead atoms. The molecule has 0 saturated heterocycles. The van der Waals surface area contributed by atoms with Gasteiger partial charge in [-0.3, -0.25) is 4.79 Å². The SMILES string of the molecule is CCN(C(=O)c1cc(Cl)cc(S(N)(=O)=O)c1OC)C(C)C. The van der Waals surface area contributed by atoms with Crippen molar-refractivity contribution < 1.29 is 17.9 Å². The number of halogens is 1. The highest BCUT2D eigenvalue weighted by Crippen LogP contribution is 2.32. The van der Waals surface area contributed by atoms with Crippen LogP contribution in [0.3, 0.4) is 0 Å². The minimum absolute atomic E-state index is 0.0517. The fraction of sp³-hybridized carbons (Fsp3) is 0.462. The standard InChI is InChI=1S/C13H19ClN2O4S/c1-5-16(8(2)3)13(17)10-6-9(14)7-11(12(10)20-4)21(15,18)19/h6-8H,5H2,1-4H3,(H2,15,18,19). The molecule has 6 nitrogen and oxygen atoms in total. The lowest BCUT2D eigenvalue weighted by Crippen LogP contribution is -2.37. The van der Waals surface area contributed by atoms with Gasteiger partial charge in [-0.05, 0) is 32.9 Å². The Bertz CT molecular complexity index is 644. The number of nitrogens with zero attached hydrogens (tertiary/aromatic N) is 1. The van der Waals surface area contributed by atoms with E-state index in [-0.39, 0.29) is 33.2 Å². The lowest BCUT2D eigenvalue weighted by molar-refractivity contribution is 0.0713. The van der Waals surface area contributed by atoms with Gasteiger partial charge >= 0.3 is 0 Å². The van der Waals surface area contributed by atoms with Crippen LogP contribution in [0.25, 0.3) is 0 Å². The highest BCUT2D eigenvalue weighted by atomic mass is 35.5. The van der Waals surface area contributed by atoms with E-state index in [2.05, 4.69) is 0 Å². The number of methoxy groups -OCH3 is 1. The number of primary sulfonamides is 1. The predicted octanol–water partition coefficient (Wildman–Crippen LogP) is 1.87. The molecule has 0 saturated carbocycles. The molecule has 1 aromatic rings. The largest absolute Gasteiger partial charge is 0.494 e. The lowest BCUT2D eigenvalue weighted by Gasteiger charge is -2.26. The van der Waals surface area contributed by atoms with Gasteiger partial charge < -0.3 is 9.64 Å². The van der Waals surface area contributed by atoms with Crippen molar-refractivity contribution in [3.63, 3.8) is 0 Å². The van der Waals surface area contributed by atoms with Crippen molar-refractivity contribution in [1.82, 2.24) is 4.90 Å². The first-order valence-corrected chi connectivity index (χ1v) is 8.27. The van der Waals surface area contributed by atoms with Gasteiger partial charge in [0.1, 0.15) is 4.90 Å². The van der Waals surface area contributed by atoms with Gasteiger partial charge in [0.25, 0.3) is 5.91 Å². The number of sulfonamides is 1. The first-order chi connectivity index (χ1) is 9.63. The fourth-order valence-electron chi connectivity index (χ4n) is 2.05. The minimum atomic E-state index is -4.06. The second-order valence-corrected chi connectivity index (χ2v) is 6.68. The van der Waals surface area contributed by atoms with Crippen molar-refractivity contribution in [1.29, 1.82) is 0 Å². The monoisotopic (exact) mass is 334 g/mol. The molecule has 0 radical (unpaired) electrons. The summed E-state index contributed by atoms with van der Waals surface area (Å²) in [6.07, 6.45) is 0. The van der Waals surface area contributed by atoms with Gasteiger partial charge in [0.05, 0.1) is 12.7 Å². The summed E-state index contributed by atoms with van der Waals surface area (Å²) in [6, 6.07) is 2.49. The number of hydrogen-bond acceptors (Lipinski definition) is 4. The molecular formula is C13H19ClN2O4S. The van der Waals surface area contributed by atoms with E-state index < -0.39 is 10.0 Å². The Balaban J connectivity index is 3.56. The van der Waals surface area contributed by atoms with Gasteiger partial charge in [-0.25, -0.2) is 13.6 Å². The predicted molar refractivity (Wildman–Crippen MR) is 81.2 cm³/mol. The van der Waals surface area contributed by atoms with Crippen LogP contribution in [0.1, 0.15) is 31.1 Å². The number of benzene rings is 1. The normalized spacial score (nSPS) is 11.6. The maximum Gasteiger partial charge on any atom is 0.257 e. The first kappa shape index (κ1) is 17.7. The minimum Gasteiger partial charge on any atom is -0.494 e. The molecule has 0 fully saturated rings. The number of amides is 1. The van der Waals surface area contributed by atoms with E-state index in [0.717, 1.165) is 6.07 Å². The van der Waals surface area contributed by atoms with Crippen molar-refractivity contribution >= 4 is 27.5 Å². The third-order valence-corrected chi connectivity index (χ3v) is 4.12. The van der Waals surface area contributed by atoms with Crippen LogP contribution in [0.5, 0.6) is 5.75 Å². The summed E-state index contributed by atoms with van der Waals surface area (Å²) in [5, 5.41) is 5.25. The number of nitrogens with two attached hydrogens (primary N) is 1. The zero-order valence-electron chi connectivity index (χ0n) is 12.4. The van der Waals surface area contributed by atoms with Crippen molar-refractivity contribution in [2.24, 2.45) is 5.14 Å². The van der Waals surface area contributed by atoms with E-state index in [0.29, 0.717) is 6.54 Å². The highest BCUT2D eigenvalue weighted by molar-refractivity contribution is 7.89. The average molecular weight is 335 g/mol. The van der Waals surface area contributed by atoms with Gasteiger partial charge in [0.2, 0.25) is 10.0 Å². The summed E-state index contributed by atoms with van der Waals surface area (Å²) in [5.41, 5.74) is 0.0737. The Morgan fingerprint density at radius 2 is 2.00 bits per heavy atom. The molecule has 0 spiro atoms. The molecule has 1 amide bonds. The Morgan fingerprint density at radius 1 is 1.43 bits per heavy atom. The third kappa shape index (κ3) is 3.87. The molecular weight excluding hydrogens is 316 g/mol. The van der Waals surface area contributed by atoms with Gasteiger partial charge in [-0.1, -0.05) is 11.6 Å². The Labute approximate surface area is 129 Å². The maximum absolute atomic E-state index is 12.6. The molecule has 0 aliphatic carbocycles. The Hall–Kier alpha value is -1.31. The maximum atomic E-state index is 12.6. The van der Waals surface area contributed by atoms with Gasteiger partial charge in [0, 0.05) is 17.6 Å². The van der Waals surface area contributed by atoms with Crippen molar-refractivity contribution in [2.75, 3.05) is 13.7 Å². The smallest absolute Gasteiger partial charge is 0.257 e. The Kier molecular flexibility index (Phi) is 5.61. The van der Waals surface area contributed by atoms with Crippen LogP contribution in [0.2, 0.25) is 5.02 Å². The zero-order valence-corrected chi connectivity index (χ0v) is 14.0. The summed E-state index contributed by atoms with van der Waals surface area (Å²) in [4.78, 5) is 13.8. The number of carbonyl (C=O) groups is 1. The molecule has 1 rings (SSSR count). The summed E-state index contributed by atoms with van der Waals surface area (Å²) in [7, 11) is -2.78. The molecule has 8 heteroatoms. The molecule has 0 unspecified atom stereocenters. The summed E-state index contributed by atoms with van der Waals surface area (Å²) in [5.74, 6) is -0.456. The number of carbonyl (C=O) groups excluding carboxylic acids is 1. The molecule has 118 valence electrons. The second-order valence-electron chi connectivity index (χ2n) is 4.71. The van der Waals surface area contributed by atoms with E-state index in [1.807, 2.05) is 20.8 Å². The van der Waals surface area contributed by atoms with Crippen molar-refractivity contribution in [3.8, 4) is 5.75 Å². The number of rotatable bonds is 5. The van der Waals surface area contributed by atoms with Crippen LogP contribution in [0.4, 0.5) is 0 Å². The van der Waals surface area contributed by atoms with Crippen molar-refractivity contribution in [2.45, 2.75) is 31.7 Å². The summed E-state index contributed by atoms with van der Waals surface area (Å²) in [6.45, 7) is 6.02. The average Bonchev–Trinajstić information content (AvgIpc) is 2.36. The van der Waals surface area contributed by atoms with Crippen LogP contribution in [-0.2, 0) is 10.0 Å². The zero-order chi connectivity index (χ0) is 16.4. The van der Waals surface area contributed by atoms with E-state index in [9.17, 15) is 13.2 Å². The van der Waals surface area contributed by atoms with Crippen LogP contribution >= 0.6 is 11.6 Å². The molecule has 2 N–H and O–H groups in total. The molecule has 0 atom stereocenters. The van der Waals surface area contributed by atoms with Crippen LogP contribution in [0.15, 0.2) is 17.0 Å². The van der Waals surface area contributed by atoms with Gasteiger partial charge in [-0.2, -0.15) is 0 Å². The van der Waals surface area contributed by atoms with Crippen LogP contribution in [0, 0.1) is 0 Å². The molecule has 0 aliphatic rings. The first-order valence-electron chi connectivity index (χ1n) is 6.34. The van der Waals surface area contributed by atoms with E-state index >= 15 is 0 Å².